The number of amides is 1. The predicted octanol–water partition coefficient (Wildman–Crippen LogP) is 5.14. The van der Waals surface area contributed by atoms with E-state index in [-0.39, 0.29) is 5.91 Å². The highest BCUT2D eigenvalue weighted by molar-refractivity contribution is 6.34. The van der Waals surface area contributed by atoms with Crippen LogP contribution in [0.1, 0.15) is 39.7 Å². The first-order valence-electron chi connectivity index (χ1n) is 9.69. The quantitative estimate of drug-likeness (QED) is 0.670. The molecule has 3 aromatic rings. The molecular weight excluding hydrogens is 370 g/mol. The molecule has 28 heavy (non-hydrogen) atoms. The molecule has 0 radical (unpaired) electrons. The number of pyridine rings is 1. The highest BCUT2D eigenvalue weighted by Crippen LogP contribution is 2.31. The number of nitrogens with zero attached hydrogens (tertiary/aromatic N) is 2. The molecule has 0 unspecified atom stereocenters. The Labute approximate surface area is 170 Å². The van der Waals surface area contributed by atoms with E-state index in [2.05, 4.69) is 17.1 Å². The number of aromatic nitrogens is 1. The summed E-state index contributed by atoms with van der Waals surface area (Å²) in [5, 5.41) is 4.53. The van der Waals surface area contributed by atoms with Crippen LogP contribution in [-0.2, 0) is 13.0 Å². The summed E-state index contributed by atoms with van der Waals surface area (Å²) in [6.07, 6.45) is 0.860. The number of carbonyl (C=O) groups excluding carboxylic acids is 1. The molecule has 1 N–H and O–H groups in total. The van der Waals surface area contributed by atoms with Crippen molar-refractivity contribution in [2.24, 2.45) is 0 Å². The lowest BCUT2D eigenvalue weighted by atomic mass is 9.95. The molecule has 4 rings (SSSR count). The maximum Gasteiger partial charge on any atom is 0.256 e. The predicted molar refractivity (Wildman–Crippen MR) is 115 cm³/mol. The zero-order valence-corrected chi connectivity index (χ0v) is 17.2. The topological polar surface area (TPSA) is 45.2 Å². The lowest BCUT2D eigenvalue weighted by Crippen LogP contribution is -2.33. The first kappa shape index (κ1) is 18.9. The number of likely N-dealkylation sites (N-methyl/N-ethyl adjacent to an activating group) is 1. The maximum atomic E-state index is 13.5. The van der Waals surface area contributed by atoms with Crippen LogP contribution in [0.3, 0.4) is 0 Å². The third kappa shape index (κ3) is 3.38. The van der Waals surface area contributed by atoms with E-state index in [1.54, 1.807) is 0 Å². The Hall–Kier alpha value is -2.43. The second kappa shape index (κ2) is 7.53. The molecule has 1 aliphatic heterocycles. The van der Waals surface area contributed by atoms with Crippen LogP contribution in [0.2, 0.25) is 5.02 Å². The normalized spacial score (nSPS) is 14.1. The second-order valence-electron chi connectivity index (χ2n) is 7.44. The fourth-order valence-electron chi connectivity index (χ4n) is 4.03. The van der Waals surface area contributed by atoms with E-state index >= 15 is 0 Å². The van der Waals surface area contributed by atoms with E-state index in [1.165, 1.54) is 0 Å². The summed E-state index contributed by atoms with van der Waals surface area (Å²) >= 11 is 6.44. The van der Waals surface area contributed by atoms with Gasteiger partial charge in [0.25, 0.3) is 5.91 Å². The van der Waals surface area contributed by atoms with Crippen LogP contribution in [-0.4, -0.2) is 28.9 Å². The average Bonchev–Trinajstić information content (AvgIpc) is 2.68. The zero-order chi connectivity index (χ0) is 19.8. The molecular formula is C23H24ClN3O. The fraction of sp³-hybridized carbons (Fsp3) is 0.304. The standard InChI is InChI=1S/C23H24ClN3O/c1-4-27-10-9-20-17(13-27)21(16-7-5-6-8-19(16)25-20)23(28)26-22-15(3)11-14(2)12-18(22)24/h5-8,11-12H,4,9-10,13H2,1-3H3,(H,26,28). The van der Waals surface area contributed by atoms with Gasteiger partial charge in [0.2, 0.25) is 0 Å². The first-order valence-corrected chi connectivity index (χ1v) is 10.1. The summed E-state index contributed by atoms with van der Waals surface area (Å²) < 4.78 is 0. The number of anilines is 1. The molecule has 2 heterocycles. The fourth-order valence-corrected chi connectivity index (χ4v) is 4.39. The average molecular weight is 394 g/mol. The van der Waals surface area contributed by atoms with Crippen LogP contribution in [0.15, 0.2) is 36.4 Å². The van der Waals surface area contributed by atoms with Crippen LogP contribution in [0.5, 0.6) is 0 Å². The highest BCUT2D eigenvalue weighted by atomic mass is 35.5. The molecule has 0 bridgehead atoms. The van der Waals surface area contributed by atoms with Gasteiger partial charge in [-0.3, -0.25) is 14.7 Å². The van der Waals surface area contributed by atoms with E-state index in [0.717, 1.165) is 64.9 Å². The lowest BCUT2D eigenvalue weighted by molar-refractivity contribution is 0.102. The Morgan fingerprint density at radius 3 is 2.79 bits per heavy atom. The Morgan fingerprint density at radius 2 is 2.04 bits per heavy atom. The number of hydrogen-bond acceptors (Lipinski definition) is 3. The van der Waals surface area contributed by atoms with Crippen molar-refractivity contribution in [3.05, 3.63) is 69.4 Å². The number of rotatable bonds is 3. The minimum Gasteiger partial charge on any atom is -0.320 e. The molecule has 0 aliphatic carbocycles. The third-order valence-corrected chi connectivity index (χ3v) is 5.77. The van der Waals surface area contributed by atoms with Crippen molar-refractivity contribution in [2.45, 2.75) is 33.7 Å². The number of hydrogen-bond donors (Lipinski definition) is 1. The molecule has 1 amide bonds. The van der Waals surface area contributed by atoms with Crippen LogP contribution in [0.4, 0.5) is 5.69 Å². The molecule has 0 saturated heterocycles. The van der Waals surface area contributed by atoms with Crippen molar-refractivity contribution in [3.63, 3.8) is 0 Å². The summed E-state index contributed by atoms with van der Waals surface area (Å²) in [6.45, 7) is 8.78. The Bertz CT molecular complexity index is 1050. The van der Waals surface area contributed by atoms with Gasteiger partial charge in [-0.25, -0.2) is 0 Å². The minimum atomic E-state index is -0.123. The van der Waals surface area contributed by atoms with Gasteiger partial charge >= 0.3 is 0 Å². The summed E-state index contributed by atoms with van der Waals surface area (Å²) in [6, 6.07) is 11.8. The Kier molecular flexibility index (Phi) is 5.09. The highest BCUT2D eigenvalue weighted by Gasteiger charge is 2.25. The number of halogens is 1. The van der Waals surface area contributed by atoms with Gasteiger partial charge in [0.1, 0.15) is 0 Å². The van der Waals surface area contributed by atoms with Crippen molar-refractivity contribution in [1.29, 1.82) is 0 Å². The van der Waals surface area contributed by atoms with E-state index in [9.17, 15) is 4.79 Å². The van der Waals surface area contributed by atoms with Gasteiger partial charge < -0.3 is 5.32 Å². The van der Waals surface area contributed by atoms with Gasteiger partial charge in [-0.2, -0.15) is 0 Å². The SMILES string of the molecule is CCN1CCc2nc3ccccc3c(C(=O)Nc3c(C)cc(C)cc3Cl)c2C1. The maximum absolute atomic E-state index is 13.5. The number of benzene rings is 2. The summed E-state index contributed by atoms with van der Waals surface area (Å²) in [5.74, 6) is -0.123. The number of para-hydroxylation sites is 1. The number of fused-ring (bicyclic) bond motifs is 2. The van der Waals surface area contributed by atoms with Crippen LogP contribution in [0, 0.1) is 13.8 Å². The molecule has 0 atom stereocenters. The Morgan fingerprint density at radius 1 is 1.25 bits per heavy atom. The van der Waals surface area contributed by atoms with Crippen LogP contribution < -0.4 is 5.32 Å². The van der Waals surface area contributed by atoms with E-state index < -0.39 is 0 Å². The molecule has 0 saturated carbocycles. The van der Waals surface area contributed by atoms with Gasteiger partial charge in [0.15, 0.2) is 0 Å². The van der Waals surface area contributed by atoms with E-state index in [1.807, 2.05) is 50.2 Å². The third-order valence-electron chi connectivity index (χ3n) is 5.47. The number of nitrogens with one attached hydrogen (secondary N) is 1. The Balaban J connectivity index is 1.84. The molecule has 1 aromatic heterocycles. The van der Waals surface area contributed by atoms with Crippen molar-refractivity contribution >= 4 is 34.1 Å². The summed E-state index contributed by atoms with van der Waals surface area (Å²) in [7, 11) is 0. The largest absolute Gasteiger partial charge is 0.320 e. The summed E-state index contributed by atoms with van der Waals surface area (Å²) in [5.41, 5.74) is 6.35. The van der Waals surface area contributed by atoms with Gasteiger partial charge in [-0.1, -0.05) is 42.8 Å². The van der Waals surface area contributed by atoms with Gasteiger partial charge in [-0.15, -0.1) is 0 Å². The van der Waals surface area contributed by atoms with Crippen LogP contribution in [0.25, 0.3) is 10.9 Å². The molecule has 144 valence electrons. The van der Waals surface area contributed by atoms with Gasteiger partial charge in [0.05, 0.1) is 21.8 Å². The van der Waals surface area contributed by atoms with Crippen LogP contribution >= 0.6 is 11.6 Å². The van der Waals surface area contributed by atoms with Gasteiger partial charge in [0, 0.05) is 36.2 Å². The molecule has 4 nitrogen and oxygen atoms in total. The van der Waals surface area contributed by atoms with Crippen molar-refractivity contribution in [2.75, 3.05) is 18.4 Å². The van der Waals surface area contributed by atoms with E-state index in [0.29, 0.717) is 10.7 Å². The lowest BCUT2D eigenvalue weighted by Gasteiger charge is -2.29. The molecule has 0 spiro atoms. The molecule has 0 fully saturated rings. The number of carbonyl (C=O) groups is 1. The smallest absolute Gasteiger partial charge is 0.256 e. The van der Waals surface area contributed by atoms with E-state index in [4.69, 9.17) is 16.6 Å². The monoisotopic (exact) mass is 393 g/mol. The minimum absolute atomic E-state index is 0.123. The van der Waals surface area contributed by atoms with Crippen molar-refractivity contribution < 1.29 is 4.79 Å². The van der Waals surface area contributed by atoms with Crippen molar-refractivity contribution in [3.8, 4) is 0 Å². The van der Waals surface area contributed by atoms with Crippen molar-refractivity contribution in [1.82, 2.24) is 9.88 Å². The number of aryl methyl sites for hydroxylation is 2. The first-order chi connectivity index (χ1) is 13.5. The molecule has 1 aliphatic rings. The molecule has 5 heteroatoms. The summed E-state index contributed by atoms with van der Waals surface area (Å²) in [4.78, 5) is 20.7. The second-order valence-corrected chi connectivity index (χ2v) is 7.85. The zero-order valence-electron chi connectivity index (χ0n) is 16.5. The molecule has 2 aromatic carbocycles. The van der Waals surface area contributed by atoms with Gasteiger partial charge in [-0.05, 0) is 43.7 Å².